The van der Waals surface area contributed by atoms with Crippen LogP contribution >= 0.6 is 0 Å². The zero-order valence-corrected chi connectivity index (χ0v) is 35.4. The van der Waals surface area contributed by atoms with Crippen molar-refractivity contribution in [3.05, 3.63) is 248 Å². The largest absolute Gasteiger partial charge is 0.456 e. The van der Waals surface area contributed by atoms with Crippen LogP contribution in [-0.4, -0.2) is 0 Å². The predicted octanol–water partition coefficient (Wildman–Crippen LogP) is 17.1. The van der Waals surface area contributed by atoms with Gasteiger partial charge < -0.3 is 9.64 Å². The lowest BCUT2D eigenvalue weighted by Crippen LogP contribution is -2.24. The highest BCUT2D eigenvalue weighted by atomic mass is 16.5. The van der Waals surface area contributed by atoms with E-state index < -0.39 is 0 Å². The normalized spacial score (nSPS) is 12.5. The highest BCUT2D eigenvalue weighted by Gasteiger charge is 2.35. The van der Waals surface area contributed by atoms with Crippen molar-refractivity contribution >= 4 is 27.8 Å². The minimum Gasteiger partial charge on any atom is -0.456 e. The molecule has 1 aliphatic rings. The van der Waals surface area contributed by atoms with Gasteiger partial charge >= 0.3 is 0 Å². The van der Waals surface area contributed by atoms with Crippen LogP contribution in [-0.2, 0) is 5.41 Å². The molecule has 2 heteroatoms. The lowest BCUT2D eigenvalue weighted by molar-refractivity contribution is 0.419. The summed E-state index contributed by atoms with van der Waals surface area (Å²) >= 11 is 0. The molecule has 11 rings (SSSR count). The summed E-state index contributed by atoms with van der Waals surface area (Å²) in [5.74, 6) is 1.84. The molecule has 0 spiro atoms. The van der Waals surface area contributed by atoms with E-state index in [1.165, 1.54) is 55.6 Å². The van der Waals surface area contributed by atoms with Crippen LogP contribution in [0.1, 0.15) is 25.0 Å². The Balaban J connectivity index is 1.03. The molecule has 63 heavy (non-hydrogen) atoms. The van der Waals surface area contributed by atoms with E-state index in [2.05, 4.69) is 255 Å². The monoisotopic (exact) mass is 807 g/mol. The molecule has 0 fully saturated rings. The van der Waals surface area contributed by atoms with Crippen molar-refractivity contribution in [3.63, 3.8) is 0 Å². The van der Waals surface area contributed by atoms with Gasteiger partial charge in [0.2, 0.25) is 0 Å². The van der Waals surface area contributed by atoms with E-state index in [-0.39, 0.29) is 5.41 Å². The van der Waals surface area contributed by atoms with E-state index in [1.807, 2.05) is 0 Å². The molecular formula is C61H45NO. The molecule has 300 valence electrons. The van der Waals surface area contributed by atoms with Gasteiger partial charge in [-0.1, -0.05) is 202 Å². The standard InChI is InChI=1S/C61H45NO/c1-61(2)56-27-11-12-29-59(56)63-60-55(26-15-28-57(60)61)53-38-39-58(54-25-10-9-24-52(53)54)62(50-34-30-44(31-35-50)48-22-13-20-46(40-48)42-16-5-3-6-17-42)51-36-32-45(33-37-51)49-23-14-21-47(41-49)43-18-7-4-8-19-43/h3-41H,1-2H3. The number of para-hydroxylation sites is 2. The molecule has 10 aromatic carbocycles. The summed E-state index contributed by atoms with van der Waals surface area (Å²) in [5.41, 5.74) is 17.2. The van der Waals surface area contributed by atoms with Gasteiger partial charge in [0.15, 0.2) is 0 Å². The van der Waals surface area contributed by atoms with Gasteiger partial charge in [0.25, 0.3) is 0 Å². The summed E-state index contributed by atoms with van der Waals surface area (Å²) in [6.07, 6.45) is 0. The summed E-state index contributed by atoms with van der Waals surface area (Å²) in [7, 11) is 0. The number of rotatable bonds is 8. The number of hydrogen-bond donors (Lipinski definition) is 0. The third-order valence-corrected chi connectivity index (χ3v) is 12.7. The topological polar surface area (TPSA) is 12.5 Å². The molecule has 0 aliphatic carbocycles. The second-order valence-electron chi connectivity index (χ2n) is 16.9. The summed E-state index contributed by atoms with van der Waals surface area (Å²) in [6.45, 7) is 4.60. The number of ether oxygens (including phenoxy) is 1. The van der Waals surface area contributed by atoms with Crippen molar-refractivity contribution in [2.75, 3.05) is 4.90 Å². The lowest BCUT2D eigenvalue weighted by Gasteiger charge is -2.35. The molecule has 0 atom stereocenters. The van der Waals surface area contributed by atoms with Crippen molar-refractivity contribution in [3.8, 4) is 67.1 Å². The van der Waals surface area contributed by atoms with Crippen molar-refractivity contribution in [2.45, 2.75) is 19.3 Å². The van der Waals surface area contributed by atoms with Gasteiger partial charge in [-0.25, -0.2) is 0 Å². The van der Waals surface area contributed by atoms with Crippen LogP contribution in [0.4, 0.5) is 17.1 Å². The van der Waals surface area contributed by atoms with Crippen LogP contribution < -0.4 is 9.64 Å². The maximum Gasteiger partial charge on any atom is 0.139 e. The number of anilines is 3. The molecule has 0 radical (unpaired) electrons. The Morgan fingerprint density at radius 3 is 1.35 bits per heavy atom. The first-order chi connectivity index (χ1) is 31.0. The molecular weight excluding hydrogens is 763 g/mol. The number of fused-ring (bicyclic) bond motifs is 3. The van der Waals surface area contributed by atoms with Crippen LogP contribution in [0.15, 0.2) is 237 Å². The second kappa shape index (κ2) is 15.8. The van der Waals surface area contributed by atoms with Gasteiger partial charge in [0, 0.05) is 38.9 Å². The van der Waals surface area contributed by atoms with Crippen LogP contribution in [0.5, 0.6) is 11.5 Å². The minimum absolute atomic E-state index is 0.212. The Labute approximate surface area is 370 Å². The zero-order valence-electron chi connectivity index (χ0n) is 35.4. The van der Waals surface area contributed by atoms with Gasteiger partial charge in [-0.15, -0.1) is 0 Å². The van der Waals surface area contributed by atoms with Crippen LogP contribution in [0.25, 0.3) is 66.4 Å². The number of nitrogens with zero attached hydrogens (tertiary/aromatic N) is 1. The maximum atomic E-state index is 6.81. The summed E-state index contributed by atoms with van der Waals surface area (Å²) in [4.78, 5) is 2.40. The van der Waals surface area contributed by atoms with E-state index in [9.17, 15) is 0 Å². The van der Waals surface area contributed by atoms with Crippen LogP contribution in [0.3, 0.4) is 0 Å². The lowest BCUT2D eigenvalue weighted by atomic mass is 9.74. The molecule has 10 aromatic rings. The molecule has 0 amide bonds. The van der Waals surface area contributed by atoms with E-state index in [0.717, 1.165) is 50.5 Å². The summed E-state index contributed by atoms with van der Waals surface area (Å²) < 4.78 is 6.81. The van der Waals surface area contributed by atoms with Crippen LogP contribution in [0.2, 0.25) is 0 Å². The zero-order chi connectivity index (χ0) is 42.3. The van der Waals surface area contributed by atoms with Crippen molar-refractivity contribution < 1.29 is 4.74 Å². The van der Waals surface area contributed by atoms with Crippen molar-refractivity contribution in [1.29, 1.82) is 0 Å². The fourth-order valence-electron chi connectivity index (χ4n) is 9.44. The fraction of sp³-hybridized carbons (Fsp3) is 0.0492. The van der Waals surface area contributed by atoms with E-state index in [0.29, 0.717) is 0 Å². The van der Waals surface area contributed by atoms with E-state index in [4.69, 9.17) is 4.74 Å². The van der Waals surface area contributed by atoms with Gasteiger partial charge in [0.1, 0.15) is 11.5 Å². The van der Waals surface area contributed by atoms with Gasteiger partial charge in [-0.05, 0) is 104 Å². The molecule has 1 heterocycles. The van der Waals surface area contributed by atoms with Crippen LogP contribution in [0, 0.1) is 0 Å². The average molecular weight is 808 g/mol. The molecule has 0 unspecified atom stereocenters. The second-order valence-corrected chi connectivity index (χ2v) is 16.9. The highest BCUT2D eigenvalue weighted by molar-refractivity contribution is 6.07. The van der Waals surface area contributed by atoms with E-state index in [1.54, 1.807) is 0 Å². The van der Waals surface area contributed by atoms with Crippen molar-refractivity contribution in [1.82, 2.24) is 0 Å². The van der Waals surface area contributed by atoms with Gasteiger partial charge in [-0.3, -0.25) is 0 Å². The van der Waals surface area contributed by atoms with Gasteiger partial charge in [-0.2, -0.15) is 0 Å². The third-order valence-electron chi connectivity index (χ3n) is 12.7. The predicted molar refractivity (Wildman–Crippen MR) is 264 cm³/mol. The Kier molecular flexibility index (Phi) is 9.55. The van der Waals surface area contributed by atoms with E-state index >= 15 is 0 Å². The average Bonchev–Trinajstić information content (AvgIpc) is 3.35. The Morgan fingerprint density at radius 1 is 0.333 bits per heavy atom. The smallest absolute Gasteiger partial charge is 0.139 e. The Morgan fingerprint density at radius 2 is 0.778 bits per heavy atom. The maximum absolute atomic E-state index is 6.81. The number of benzene rings is 10. The molecule has 0 saturated heterocycles. The molecule has 2 nitrogen and oxygen atoms in total. The SMILES string of the molecule is CC1(C)c2ccccc2Oc2c(-c3ccc(N(c4ccc(-c5cccc(-c6ccccc6)c5)cc4)c4ccc(-c5cccc(-c6ccccc6)c5)cc4)c4ccccc34)cccc21. The first-order valence-corrected chi connectivity index (χ1v) is 21.7. The summed E-state index contributed by atoms with van der Waals surface area (Å²) in [5, 5.41) is 2.32. The third kappa shape index (κ3) is 6.96. The summed E-state index contributed by atoms with van der Waals surface area (Å²) in [6, 6.07) is 85.2. The quantitative estimate of drug-likeness (QED) is 0.152. The molecule has 0 N–H and O–H groups in total. The minimum atomic E-state index is -0.212. The van der Waals surface area contributed by atoms with Crippen molar-refractivity contribution in [2.24, 2.45) is 0 Å². The molecule has 0 bridgehead atoms. The number of hydrogen-bond acceptors (Lipinski definition) is 2. The molecule has 0 aromatic heterocycles. The Bertz CT molecular complexity index is 3130. The van der Waals surface area contributed by atoms with Gasteiger partial charge in [0.05, 0.1) is 5.69 Å². The fourth-order valence-corrected chi connectivity index (χ4v) is 9.44. The molecule has 1 aliphatic heterocycles. The Hall–Kier alpha value is -7.94. The highest BCUT2D eigenvalue weighted by Crippen LogP contribution is 2.52. The first-order valence-electron chi connectivity index (χ1n) is 21.7. The first kappa shape index (κ1) is 38.0. The molecule has 0 saturated carbocycles.